The Bertz CT molecular complexity index is 1290. The van der Waals surface area contributed by atoms with E-state index in [-0.39, 0.29) is 46.9 Å². The van der Waals surface area contributed by atoms with Gasteiger partial charge in [-0.05, 0) is 36.4 Å². The number of nitrogens with one attached hydrogen (secondary N) is 1. The van der Waals surface area contributed by atoms with E-state index in [1.807, 2.05) is 36.0 Å². The summed E-state index contributed by atoms with van der Waals surface area (Å²) >= 11 is 40.0. The molecule has 63 heavy (non-hydrogen) atoms. The Morgan fingerprint density at radius 2 is 1.02 bits per heavy atom. The first-order chi connectivity index (χ1) is 29.4. The summed E-state index contributed by atoms with van der Waals surface area (Å²) in [5, 5.41) is 15.0. The Balaban J connectivity index is -0.0000000385. The molecule has 0 spiro atoms. The average molecular weight is 1760 g/mol. The third-order valence-corrected chi connectivity index (χ3v) is 4.50. The molecular weight excluding hydrogens is 1740 g/mol. The van der Waals surface area contributed by atoms with Gasteiger partial charge in [0.15, 0.2) is 0 Å². The zero-order chi connectivity index (χ0) is 51.8. The van der Waals surface area contributed by atoms with E-state index in [1.165, 1.54) is 1010 Å². The third kappa shape index (κ3) is 110. The molecule has 0 fully saturated rings. The van der Waals surface area contributed by atoms with Crippen LogP contribution in [0.4, 0.5) is 21.7 Å². The Kier molecular flexibility index (Phi) is 364. The Labute approximate surface area is 1130 Å². The quantitative estimate of drug-likeness (QED) is 0.0953. The zero-order valence-electron chi connectivity index (χ0n) is 48.8. The second-order valence-electron chi connectivity index (χ2n) is 6.36. The summed E-state index contributed by atoms with van der Waals surface area (Å²) in [4.78, 5) is 19.0. The molecule has 1 N–H and O–H groups in total. The standard InChI is InChI=1S/C20H15FN5O2.CH3.2Co.32K/c1-12-9-15(21)19(26(27)28)10-17(12)24-20-22-8-7-16(23-20)14-11-25(2)18-6-4-3-5-13(14)18;;;;;;;;;;;;;;;;;;;;;;;;;;;;;;;;;;;/h4-11H,1-2H3,(H,22,23,24);1H3;;;;;;;;;;;;;;;;;;;;;;;;;;;;;;;;;;/q2*-1;;;;;;;;;;;;;;;;;;;;;;;;;;;;;;;;;;. The molecule has 0 saturated carbocycles. The maximum absolute atomic E-state index is 13.8. The van der Waals surface area contributed by atoms with Crippen molar-refractivity contribution < 1.29 is 42.9 Å². The molecule has 198 valence electrons. The van der Waals surface area contributed by atoms with E-state index >= 15 is 0 Å². The van der Waals surface area contributed by atoms with Gasteiger partial charge >= 0.3 is 1020 Å². The molecule has 0 aliphatic carbocycles. The van der Waals surface area contributed by atoms with E-state index < -0.39 is 16.4 Å². The monoisotopic (exact) mass is 1760 g/mol. The summed E-state index contributed by atoms with van der Waals surface area (Å²) in [5.74, 6) is -0.617. The number of aromatic nitrogens is 3. The molecule has 2 aromatic carbocycles. The van der Waals surface area contributed by atoms with Gasteiger partial charge in [-0.2, -0.15) is 22.6 Å². The Morgan fingerprint density at radius 3 is 1.37 bits per heavy atom. The molecule has 42 heteroatoms. The molecule has 2 aromatic heterocycles. The molecule has 0 atom stereocenters. The second-order valence-corrected chi connectivity index (χ2v) is 6.36. The normalized spacial score (nSPS) is 6.90. The first kappa shape index (κ1) is 150. The summed E-state index contributed by atoms with van der Waals surface area (Å²) in [6, 6.07) is 12.8. The predicted octanol–water partition coefficient (Wildman–Crippen LogP) is -7.21. The van der Waals surface area contributed by atoms with Gasteiger partial charge in [-0.15, -0.1) is 11.5 Å². The molecule has 2 radical (unpaired) electrons. The number of halogens is 1. The molecular formula is C21H18Co2FK32N5O2-2. The van der Waals surface area contributed by atoms with Crippen molar-refractivity contribution in [1.82, 2.24) is 14.5 Å². The fourth-order valence-corrected chi connectivity index (χ4v) is 3.11. The number of fused-ring (bicyclic) bond motifs is 1. The average Bonchev–Trinajstić information content (AvgIpc) is 3.73. The number of hydrogen-bond acceptors (Lipinski definition) is 5. The van der Waals surface area contributed by atoms with Crippen molar-refractivity contribution in [2.75, 3.05) is 5.32 Å². The van der Waals surface area contributed by atoms with Crippen LogP contribution in [0.25, 0.3) is 22.2 Å². The zero-order valence-corrected chi connectivity index (χ0v) is 151. The Hall–Kier alpha value is 49.6. The van der Waals surface area contributed by atoms with Crippen LogP contribution in [-0.4, -0.2) is 1030 Å². The van der Waals surface area contributed by atoms with Crippen LogP contribution < -0.4 is 5.32 Å². The summed E-state index contributed by atoms with van der Waals surface area (Å²) in [5.41, 5.74) is 2.94. The number of rotatable bonds is 4. The van der Waals surface area contributed by atoms with Crippen molar-refractivity contribution in [3.8, 4) is 11.3 Å². The number of anilines is 2. The first-order valence-electron chi connectivity index (χ1n) is 24.4. The topological polar surface area (TPSA) is 85.9 Å². The van der Waals surface area contributed by atoms with Gasteiger partial charge in [-0.3, -0.25) is 10.1 Å². The molecule has 0 aliphatic heterocycles. The summed E-state index contributed by atoms with van der Waals surface area (Å²) in [6.07, 6.45) is 3.57. The Morgan fingerprint density at radius 1 is 0.651 bits per heavy atom. The SMILES string of the molecule is Cc1cc(F)c([N+](=O)[O-])cc1Nc1nccc(-c2cn(C)c3cc[c-]cc23)n1.[CH3-].[Co].[Co].[K][K].[K][K].[K][K].[K][K].[K][K].[K][K].[K][K].[K][K].[K][K].[K][K].[K][K].[K][K].[K][K].[K][K].[K][K].[K][K]. The van der Waals surface area contributed by atoms with Gasteiger partial charge in [-0.1, -0.05) is 5.52 Å². The number of hydrogen-bond donors (Lipinski definition) is 1. The molecule has 0 aliphatic rings. The van der Waals surface area contributed by atoms with E-state index in [4.69, 9.17) is 0 Å². The molecule has 0 bridgehead atoms. The van der Waals surface area contributed by atoms with Gasteiger partial charge < -0.3 is 17.3 Å². The molecule has 0 amide bonds. The van der Waals surface area contributed by atoms with Crippen molar-refractivity contribution in [3.05, 3.63) is 83.8 Å². The van der Waals surface area contributed by atoms with Crippen LogP contribution in [-0.2, 0) is 40.6 Å². The number of benzene rings is 2. The number of nitro benzene ring substituents is 1. The van der Waals surface area contributed by atoms with Crippen molar-refractivity contribution in [3.63, 3.8) is 0 Å². The van der Waals surface area contributed by atoms with Gasteiger partial charge in [-0.25, -0.2) is 9.97 Å². The van der Waals surface area contributed by atoms with Gasteiger partial charge in [0.2, 0.25) is 11.8 Å². The van der Waals surface area contributed by atoms with Crippen LogP contribution >= 0.6 is 0 Å². The van der Waals surface area contributed by atoms with Gasteiger partial charge in [0.05, 0.1) is 16.3 Å². The number of nitro groups is 1. The fourth-order valence-electron chi connectivity index (χ4n) is 3.11. The van der Waals surface area contributed by atoms with Gasteiger partial charge in [0.1, 0.15) is 0 Å². The first-order valence-corrected chi connectivity index (χ1v) is 280. The molecule has 0 unspecified atom stereocenters. The minimum absolute atomic E-state index is 0. The van der Waals surface area contributed by atoms with Gasteiger partial charge in [0.25, 0.3) is 0 Å². The molecule has 7 nitrogen and oxygen atoms in total. The van der Waals surface area contributed by atoms with Crippen LogP contribution in [0.5, 0.6) is 0 Å². The maximum atomic E-state index is 13.8. The van der Waals surface area contributed by atoms with E-state index in [9.17, 15) is 14.5 Å². The summed E-state index contributed by atoms with van der Waals surface area (Å²) in [6.45, 7) is 1.65. The summed E-state index contributed by atoms with van der Waals surface area (Å²) in [7, 11) is 1.95. The van der Waals surface area contributed by atoms with Crippen molar-refractivity contribution in [2.45, 2.75) is 6.92 Å². The van der Waals surface area contributed by atoms with E-state index in [0.29, 0.717) is 16.9 Å². The van der Waals surface area contributed by atoms with Crippen LogP contribution in [0.1, 0.15) is 5.56 Å². The van der Waals surface area contributed by atoms with Crippen molar-refractivity contribution in [2.24, 2.45) is 7.05 Å². The molecule has 2 heterocycles. The number of aryl methyl sites for hydroxylation is 2. The second kappa shape index (κ2) is 153. The molecule has 0 saturated heterocycles. The van der Waals surface area contributed by atoms with E-state index in [1.54, 1.807) is 19.2 Å². The van der Waals surface area contributed by atoms with Crippen molar-refractivity contribution in [1.29, 1.82) is 0 Å². The third-order valence-electron chi connectivity index (χ3n) is 4.50. The van der Waals surface area contributed by atoms with Gasteiger partial charge in [0, 0.05) is 52.9 Å². The van der Waals surface area contributed by atoms with E-state index in [2.05, 4.69) is 21.4 Å². The van der Waals surface area contributed by atoms with E-state index in [0.717, 1.165) is 28.6 Å². The van der Waals surface area contributed by atoms with Crippen LogP contribution in [0, 0.1) is 36.3 Å². The minimum atomic E-state index is -0.880. The van der Waals surface area contributed by atoms with Crippen LogP contribution in [0.2, 0.25) is 0 Å². The fraction of sp³-hybridized carbons (Fsp3) is 0.0952. The van der Waals surface area contributed by atoms with Crippen LogP contribution in [0.15, 0.2) is 48.8 Å². The van der Waals surface area contributed by atoms with Crippen molar-refractivity contribution >= 4 is 1040 Å². The number of nitrogens with zero attached hydrogens (tertiary/aromatic N) is 4. The van der Waals surface area contributed by atoms with Crippen LogP contribution in [0.3, 0.4) is 0 Å². The summed E-state index contributed by atoms with van der Waals surface area (Å²) < 4.78 is 15.8. The predicted molar refractivity (Wildman–Crippen MR) is 294 cm³/mol. The molecule has 4 rings (SSSR count). The molecule has 4 aromatic rings.